The number of likely N-dealkylation sites (N-methyl/N-ethyl adjacent to an activating group) is 1. The minimum absolute atomic E-state index is 0.235. The Hall–Kier alpha value is -3.07. The molecule has 0 radical (unpaired) electrons. The predicted octanol–water partition coefficient (Wildman–Crippen LogP) is 1.71. The number of H-pyrrole nitrogens is 1. The average molecular weight is 411 g/mol. The van der Waals surface area contributed by atoms with Crippen molar-refractivity contribution in [3.8, 4) is 0 Å². The van der Waals surface area contributed by atoms with E-state index in [1.165, 1.54) is 5.69 Å². The van der Waals surface area contributed by atoms with Crippen molar-refractivity contribution in [2.24, 2.45) is 0 Å². The second kappa shape index (κ2) is 8.74. The van der Waals surface area contributed by atoms with Crippen LogP contribution in [-0.2, 0) is 6.54 Å². The van der Waals surface area contributed by atoms with Gasteiger partial charge in [0.25, 0.3) is 0 Å². The number of hydrogen-bond donors (Lipinski definition) is 3. The van der Waals surface area contributed by atoms with Crippen LogP contribution in [0.3, 0.4) is 0 Å². The summed E-state index contributed by atoms with van der Waals surface area (Å²) in [6, 6.07) is 8.37. The summed E-state index contributed by atoms with van der Waals surface area (Å²) < 4.78 is 1.63. The summed E-state index contributed by atoms with van der Waals surface area (Å²) in [4.78, 5) is 29.0. The zero-order valence-electron chi connectivity index (χ0n) is 17.7. The van der Waals surface area contributed by atoms with Crippen molar-refractivity contribution in [2.75, 3.05) is 55.7 Å². The summed E-state index contributed by atoms with van der Waals surface area (Å²) >= 11 is 0. The second-order valence-electron chi connectivity index (χ2n) is 7.89. The van der Waals surface area contributed by atoms with E-state index in [4.69, 9.17) is 5.73 Å². The Morgan fingerprint density at radius 2 is 2.00 bits per heavy atom. The van der Waals surface area contributed by atoms with Gasteiger partial charge in [-0.25, -0.2) is 4.79 Å². The zero-order valence-corrected chi connectivity index (χ0v) is 17.7. The third kappa shape index (κ3) is 4.25. The molecule has 0 spiro atoms. The number of fused-ring (bicyclic) bond motifs is 1. The number of aromatic amines is 1. The van der Waals surface area contributed by atoms with E-state index in [2.05, 4.69) is 56.2 Å². The normalized spacial score (nSPS) is 15.1. The number of nitrogens with one attached hydrogen (secondary N) is 2. The number of unbranched alkanes of at least 4 members (excludes halogenated alkanes) is 1. The number of aromatic nitrogens is 4. The minimum Gasteiger partial charge on any atom is -0.382 e. The molecule has 0 saturated carbocycles. The Morgan fingerprint density at radius 1 is 1.20 bits per heavy atom. The molecule has 4 rings (SSSR count). The van der Waals surface area contributed by atoms with Gasteiger partial charge in [-0.15, -0.1) is 0 Å². The highest BCUT2D eigenvalue weighted by atomic mass is 16.1. The number of nitrogens with zero attached hydrogens (tertiary/aromatic N) is 5. The number of anilines is 3. The molecule has 1 aliphatic rings. The fourth-order valence-electron chi connectivity index (χ4n) is 3.75. The third-order valence-corrected chi connectivity index (χ3v) is 5.58. The molecule has 9 heteroatoms. The lowest BCUT2D eigenvalue weighted by molar-refractivity contribution is 0.313. The highest BCUT2D eigenvalue weighted by molar-refractivity contribution is 5.82. The summed E-state index contributed by atoms with van der Waals surface area (Å²) in [7, 11) is 2.15. The molecule has 160 valence electrons. The molecule has 0 aliphatic carbocycles. The van der Waals surface area contributed by atoms with Crippen molar-refractivity contribution >= 4 is 28.6 Å². The van der Waals surface area contributed by atoms with Crippen molar-refractivity contribution in [2.45, 2.75) is 26.3 Å². The first-order valence-electron chi connectivity index (χ1n) is 10.6. The number of nitrogens with two attached hydrogens (primary N) is 1. The molecule has 3 heterocycles. The average Bonchev–Trinajstić information content (AvgIpc) is 3.05. The van der Waals surface area contributed by atoms with Gasteiger partial charge in [0.15, 0.2) is 11.5 Å². The number of hydrogen-bond acceptors (Lipinski definition) is 7. The minimum atomic E-state index is -0.235. The van der Waals surface area contributed by atoms with Gasteiger partial charge in [-0.1, -0.05) is 25.5 Å². The summed E-state index contributed by atoms with van der Waals surface area (Å²) in [6.45, 7) is 7.42. The van der Waals surface area contributed by atoms with Gasteiger partial charge in [0.1, 0.15) is 5.52 Å². The molecule has 0 amide bonds. The van der Waals surface area contributed by atoms with Crippen LogP contribution in [-0.4, -0.2) is 64.2 Å². The molecule has 2 aromatic heterocycles. The van der Waals surface area contributed by atoms with E-state index in [9.17, 15) is 4.79 Å². The first-order valence-corrected chi connectivity index (χ1v) is 10.6. The highest BCUT2D eigenvalue weighted by Crippen LogP contribution is 2.21. The molecule has 4 N–H and O–H groups in total. The molecule has 0 bridgehead atoms. The van der Waals surface area contributed by atoms with Crippen LogP contribution < -0.4 is 21.6 Å². The predicted molar refractivity (Wildman–Crippen MR) is 121 cm³/mol. The van der Waals surface area contributed by atoms with Crippen molar-refractivity contribution in [1.82, 2.24) is 24.4 Å². The van der Waals surface area contributed by atoms with Crippen molar-refractivity contribution < 1.29 is 0 Å². The van der Waals surface area contributed by atoms with Gasteiger partial charge in [-0.3, -0.25) is 4.57 Å². The van der Waals surface area contributed by atoms with Gasteiger partial charge in [0, 0.05) is 38.4 Å². The second-order valence-corrected chi connectivity index (χ2v) is 7.89. The molecule has 0 unspecified atom stereocenters. The maximum Gasteiger partial charge on any atom is 0.328 e. The fourth-order valence-corrected chi connectivity index (χ4v) is 3.75. The van der Waals surface area contributed by atoms with Gasteiger partial charge in [0.05, 0.1) is 6.54 Å². The Balaban J connectivity index is 1.61. The van der Waals surface area contributed by atoms with E-state index in [1.54, 1.807) is 4.57 Å². The lowest BCUT2D eigenvalue weighted by Crippen LogP contribution is -2.44. The van der Waals surface area contributed by atoms with Crippen LogP contribution in [0.15, 0.2) is 29.1 Å². The SMILES string of the molecule is CCCCNc1nc(N)c2[nH]c(=O)n(Cc3cccc(N4CCN(C)CC4)c3)c2n1. The first-order chi connectivity index (χ1) is 14.5. The number of benzene rings is 1. The summed E-state index contributed by atoms with van der Waals surface area (Å²) in [5.41, 5.74) is 9.09. The smallest absolute Gasteiger partial charge is 0.328 e. The topological polar surface area (TPSA) is 108 Å². The maximum atomic E-state index is 12.6. The van der Waals surface area contributed by atoms with E-state index in [1.807, 2.05) is 12.1 Å². The maximum absolute atomic E-state index is 12.6. The Labute approximate surface area is 175 Å². The Bertz CT molecular complexity index is 1060. The van der Waals surface area contributed by atoms with Crippen LogP contribution >= 0.6 is 0 Å². The van der Waals surface area contributed by atoms with E-state index in [-0.39, 0.29) is 11.5 Å². The monoisotopic (exact) mass is 410 g/mol. The van der Waals surface area contributed by atoms with Crippen LogP contribution in [0.5, 0.6) is 0 Å². The van der Waals surface area contributed by atoms with E-state index in [0.717, 1.165) is 51.1 Å². The largest absolute Gasteiger partial charge is 0.382 e. The van der Waals surface area contributed by atoms with Gasteiger partial charge >= 0.3 is 5.69 Å². The van der Waals surface area contributed by atoms with Crippen LogP contribution in [0.2, 0.25) is 0 Å². The van der Waals surface area contributed by atoms with Gasteiger partial charge in [-0.05, 0) is 31.2 Å². The van der Waals surface area contributed by atoms with Crippen LogP contribution in [0.4, 0.5) is 17.5 Å². The number of piperazine rings is 1. The van der Waals surface area contributed by atoms with E-state index >= 15 is 0 Å². The van der Waals surface area contributed by atoms with Gasteiger partial charge in [-0.2, -0.15) is 9.97 Å². The highest BCUT2D eigenvalue weighted by Gasteiger charge is 2.16. The molecule has 1 aliphatic heterocycles. The summed E-state index contributed by atoms with van der Waals surface area (Å²) in [5.74, 6) is 0.730. The quantitative estimate of drug-likeness (QED) is 0.509. The number of imidazole rings is 1. The molecule has 0 atom stereocenters. The molecule has 9 nitrogen and oxygen atoms in total. The van der Waals surface area contributed by atoms with Crippen LogP contribution in [0.1, 0.15) is 25.3 Å². The van der Waals surface area contributed by atoms with Gasteiger partial charge in [0.2, 0.25) is 5.95 Å². The Kier molecular flexibility index (Phi) is 5.89. The van der Waals surface area contributed by atoms with Crippen molar-refractivity contribution in [3.63, 3.8) is 0 Å². The van der Waals surface area contributed by atoms with E-state index < -0.39 is 0 Å². The number of nitrogen functional groups attached to an aromatic ring is 1. The molecule has 30 heavy (non-hydrogen) atoms. The van der Waals surface area contributed by atoms with Crippen molar-refractivity contribution in [1.29, 1.82) is 0 Å². The van der Waals surface area contributed by atoms with Gasteiger partial charge < -0.3 is 25.8 Å². The molecule has 1 fully saturated rings. The van der Waals surface area contributed by atoms with Crippen molar-refractivity contribution in [3.05, 3.63) is 40.3 Å². The van der Waals surface area contributed by atoms with Crippen LogP contribution in [0.25, 0.3) is 11.2 Å². The van der Waals surface area contributed by atoms with Crippen LogP contribution in [0, 0.1) is 0 Å². The molecule has 1 saturated heterocycles. The molecular weight excluding hydrogens is 380 g/mol. The third-order valence-electron chi connectivity index (χ3n) is 5.58. The molecule has 1 aromatic carbocycles. The standard InChI is InChI=1S/C21H30N8O/c1-3-4-8-23-20-25-18(22)17-19(26-20)29(21(30)24-17)14-15-6-5-7-16(13-15)28-11-9-27(2)10-12-28/h5-7,13H,3-4,8-12,14H2,1-2H3,(H,24,30)(H3,22,23,25,26). The first kappa shape index (κ1) is 20.2. The summed E-state index contributed by atoms with van der Waals surface area (Å²) in [6.07, 6.45) is 2.09. The molecule has 3 aromatic rings. The van der Waals surface area contributed by atoms with E-state index in [0.29, 0.717) is 23.7 Å². The fraction of sp³-hybridized carbons (Fsp3) is 0.476. The number of rotatable bonds is 7. The molecular formula is C21H30N8O. The lowest BCUT2D eigenvalue weighted by Gasteiger charge is -2.34. The Morgan fingerprint density at radius 3 is 2.77 bits per heavy atom. The summed E-state index contributed by atoms with van der Waals surface area (Å²) in [5, 5.41) is 3.19. The zero-order chi connectivity index (χ0) is 21.1. The lowest BCUT2D eigenvalue weighted by atomic mass is 10.1.